The number of amides is 1. The minimum Gasteiger partial charge on any atom is -0.491 e. The third kappa shape index (κ3) is 3.55. The normalized spacial score (nSPS) is 16.3. The van der Waals surface area contributed by atoms with Gasteiger partial charge in [-0.05, 0) is 42.3 Å². The molecular formula is C17H16FNO3. The van der Waals surface area contributed by atoms with E-state index in [-0.39, 0.29) is 24.4 Å². The molecule has 0 spiro atoms. The van der Waals surface area contributed by atoms with Crippen LogP contribution in [0.25, 0.3) is 0 Å². The van der Waals surface area contributed by atoms with Gasteiger partial charge in [0.05, 0.1) is 6.04 Å². The van der Waals surface area contributed by atoms with Crippen LogP contribution in [0.4, 0.5) is 4.39 Å². The molecule has 4 nitrogen and oxygen atoms in total. The van der Waals surface area contributed by atoms with Crippen molar-refractivity contribution in [2.75, 3.05) is 13.2 Å². The van der Waals surface area contributed by atoms with Crippen LogP contribution in [0.2, 0.25) is 0 Å². The van der Waals surface area contributed by atoms with E-state index in [2.05, 4.69) is 5.32 Å². The van der Waals surface area contributed by atoms with E-state index in [1.54, 1.807) is 0 Å². The van der Waals surface area contributed by atoms with Crippen molar-refractivity contribution in [1.82, 2.24) is 5.32 Å². The standard InChI is InChI=1S/C17H16FNO3/c18-13-5-7-15(8-6-13)21-11-17(20)19-14-9-12-3-1-2-4-16(12)22-10-14/h1-8,14H,9-11H2,(H,19,20). The fourth-order valence-corrected chi connectivity index (χ4v) is 2.37. The Labute approximate surface area is 127 Å². The van der Waals surface area contributed by atoms with E-state index in [1.165, 1.54) is 24.3 Å². The maximum atomic E-state index is 12.8. The Morgan fingerprint density at radius 1 is 1.23 bits per heavy atom. The second-order valence-electron chi connectivity index (χ2n) is 5.13. The van der Waals surface area contributed by atoms with Crippen LogP contribution < -0.4 is 14.8 Å². The summed E-state index contributed by atoms with van der Waals surface area (Å²) >= 11 is 0. The molecule has 2 aromatic carbocycles. The van der Waals surface area contributed by atoms with E-state index in [0.717, 1.165) is 17.7 Å². The SMILES string of the molecule is O=C(COc1ccc(F)cc1)NC1COc2ccccc2C1. The van der Waals surface area contributed by atoms with Gasteiger partial charge in [-0.1, -0.05) is 18.2 Å². The van der Waals surface area contributed by atoms with Crippen molar-refractivity contribution in [3.05, 3.63) is 59.9 Å². The molecule has 0 aromatic heterocycles. The lowest BCUT2D eigenvalue weighted by atomic mass is 10.0. The molecule has 0 bridgehead atoms. The van der Waals surface area contributed by atoms with Crippen molar-refractivity contribution >= 4 is 5.91 Å². The van der Waals surface area contributed by atoms with Crippen molar-refractivity contribution in [1.29, 1.82) is 0 Å². The van der Waals surface area contributed by atoms with Crippen LogP contribution in [0.1, 0.15) is 5.56 Å². The number of hydrogen-bond donors (Lipinski definition) is 1. The molecule has 3 rings (SSSR count). The van der Waals surface area contributed by atoms with Gasteiger partial charge in [0.25, 0.3) is 5.91 Å². The summed E-state index contributed by atoms with van der Waals surface area (Å²) in [6, 6.07) is 13.3. The highest BCUT2D eigenvalue weighted by Gasteiger charge is 2.21. The Bertz CT molecular complexity index is 657. The highest BCUT2D eigenvalue weighted by Crippen LogP contribution is 2.23. The molecule has 2 aromatic rings. The number of nitrogens with one attached hydrogen (secondary N) is 1. The number of benzene rings is 2. The smallest absolute Gasteiger partial charge is 0.258 e. The first-order valence-corrected chi connectivity index (χ1v) is 7.09. The number of carbonyl (C=O) groups is 1. The van der Waals surface area contributed by atoms with E-state index in [1.807, 2.05) is 24.3 Å². The average molecular weight is 301 g/mol. The summed E-state index contributed by atoms with van der Waals surface area (Å²) in [6.07, 6.45) is 0.735. The number of carbonyl (C=O) groups excluding carboxylic acids is 1. The lowest BCUT2D eigenvalue weighted by molar-refractivity contribution is -0.124. The van der Waals surface area contributed by atoms with E-state index >= 15 is 0 Å². The number of halogens is 1. The van der Waals surface area contributed by atoms with Crippen molar-refractivity contribution in [2.24, 2.45) is 0 Å². The number of rotatable bonds is 4. The third-order valence-corrected chi connectivity index (χ3v) is 3.43. The van der Waals surface area contributed by atoms with E-state index in [0.29, 0.717) is 12.4 Å². The molecule has 1 atom stereocenters. The van der Waals surface area contributed by atoms with Crippen molar-refractivity contribution < 1.29 is 18.7 Å². The van der Waals surface area contributed by atoms with Crippen LogP contribution in [0.3, 0.4) is 0 Å². The summed E-state index contributed by atoms with van der Waals surface area (Å²) < 4.78 is 23.7. The minimum atomic E-state index is -0.338. The van der Waals surface area contributed by atoms with E-state index in [4.69, 9.17) is 9.47 Å². The Hall–Kier alpha value is -2.56. The van der Waals surface area contributed by atoms with Crippen LogP contribution in [0.5, 0.6) is 11.5 Å². The van der Waals surface area contributed by atoms with Gasteiger partial charge in [0, 0.05) is 0 Å². The van der Waals surface area contributed by atoms with Crippen molar-refractivity contribution in [3.63, 3.8) is 0 Å². The first-order chi connectivity index (χ1) is 10.7. The molecular weight excluding hydrogens is 285 g/mol. The number of fused-ring (bicyclic) bond motifs is 1. The second kappa shape index (κ2) is 6.47. The number of hydrogen-bond acceptors (Lipinski definition) is 3. The molecule has 0 radical (unpaired) electrons. The molecule has 0 saturated carbocycles. The van der Waals surface area contributed by atoms with Crippen LogP contribution >= 0.6 is 0 Å². The van der Waals surface area contributed by atoms with Crippen LogP contribution in [0.15, 0.2) is 48.5 Å². The Morgan fingerprint density at radius 2 is 2.00 bits per heavy atom. The molecule has 22 heavy (non-hydrogen) atoms. The van der Waals surface area contributed by atoms with Crippen LogP contribution in [-0.2, 0) is 11.2 Å². The Balaban J connectivity index is 1.49. The van der Waals surface area contributed by atoms with Gasteiger partial charge in [0.15, 0.2) is 6.61 Å². The van der Waals surface area contributed by atoms with Gasteiger partial charge in [-0.3, -0.25) is 4.79 Å². The summed E-state index contributed by atoms with van der Waals surface area (Å²) in [6.45, 7) is 0.336. The molecule has 1 N–H and O–H groups in total. The van der Waals surface area contributed by atoms with Crippen LogP contribution in [-0.4, -0.2) is 25.2 Å². The molecule has 0 saturated heterocycles. The molecule has 114 valence electrons. The maximum absolute atomic E-state index is 12.8. The first kappa shape index (κ1) is 14.4. The second-order valence-corrected chi connectivity index (χ2v) is 5.13. The number of ether oxygens (including phenoxy) is 2. The summed E-state index contributed by atoms with van der Waals surface area (Å²) in [4.78, 5) is 11.9. The molecule has 1 aliphatic rings. The molecule has 0 fully saturated rings. The van der Waals surface area contributed by atoms with Crippen LogP contribution in [0, 0.1) is 5.82 Å². The highest BCUT2D eigenvalue weighted by atomic mass is 19.1. The topological polar surface area (TPSA) is 47.6 Å². The maximum Gasteiger partial charge on any atom is 0.258 e. The molecule has 0 aliphatic carbocycles. The number of para-hydroxylation sites is 1. The largest absolute Gasteiger partial charge is 0.491 e. The lowest BCUT2D eigenvalue weighted by Gasteiger charge is -2.26. The van der Waals surface area contributed by atoms with Crippen molar-refractivity contribution in [2.45, 2.75) is 12.5 Å². The van der Waals surface area contributed by atoms with Gasteiger partial charge in [-0.15, -0.1) is 0 Å². The monoisotopic (exact) mass is 301 g/mol. The highest BCUT2D eigenvalue weighted by molar-refractivity contribution is 5.78. The quantitative estimate of drug-likeness (QED) is 0.943. The molecule has 1 unspecified atom stereocenters. The summed E-state index contributed by atoms with van der Waals surface area (Å²) in [5.74, 6) is 0.768. The molecule has 1 heterocycles. The third-order valence-electron chi connectivity index (χ3n) is 3.43. The fourth-order valence-electron chi connectivity index (χ4n) is 2.37. The Kier molecular flexibility index (Phi) is 4.23. The summed E-state index contributed by atoms with van der Waals surface area (Å²) in [7, 11) is 0. The predicted octanol–water partition coefficient (Wildman–Crippen LogP) is 2.32. The summed E-state index contributed by atoms with van der Waals surface area (Å²) in [5.41, 5.74) is 1.08. The van der Waals surface area contributed by atoms with Gasteiger partial charge in [0.2, 0.25) is 0 Å². The van der Waals surface area contributed by atoms with Gasteiger partial charge >= 0.3 is 0 Å². The van der Waals surface area contributed by atoms with Gasteiger partial charge in [-0.25, -0.2) is 4.39 Å². The molecule has 1 amide bonds. The summed E-state index contributed by atoms with van der Waals surface area (Å²) in [5, 5.41) is 2.88. The van der Waals surface area contributed by atoms with E-state index in [9.17, 15) is 9.18 Å². The average Bonchev–Trinajstić information content (AvgIpc) is 2.54. The zero-order chi connectivity index (χ0) is 15.4. The zero-order valence-electron chi connectivity index (χ0n) is 11.9. The predicted molar refractivity (Wildman–Crippen MR) is 79.5 cm³/mol. The van der Waals surface area contributed by atoms with Crippen molar-refractivity contribution in [3.8, 4) is 11.5 Å². The molecule has 5 heteroatoms. The fraction of sp³-hybridized carbons (Fsp3) is 0.235. The van der Waals surface area contributed by atoms with E-state index < -0.39 is 0 Å². The first-order valence-electron chi connectivity index (χ1n) is 7.09. The zero-order valence-corrected chi connectivity index (χ0v) is 11.9. The molecule has 1 aliphatic heterocycles. The van der Waals surface area contributed by atoms with Gasteiger partial charge in [-0.2, -0.15) is 0 Å². The van der Waals surface area contributed by atoms with Gasteiger partial charge < -0.3 is 14.8 Å². The Morgan fingerprint density at radius 3 is 2.82 bits per heavy atom. The lowest BCUT2D eigenvalue weighted by Crippen LogP contribution is -2.44. The van der Waals surface area contributed by atoms with Gasteiger partial charge in [0.1, 0.15) is 23.9 Å². The minimum absolute atomic E-state index is 0.0702.